The minimum Gasteiger partial charge on any atom is -0.334 e. The third-order valence-electron chi connectivity index (χ3n) is 2.99. The summed E-state index contributed by atoms with van der Waals surface area (Å²) in [7, 11) is 0. The quantitative estimate of drug-likeness (QED) is 0.831. The van der Waals surface area contributed by atoms with E-state index in [1.165, 1.54) is 11.1 Å². The lowest BCUT2D eigenvalue weighted by molar-refractivity contribution is -0.131. The van der Waals surface area contributed by atoms with Crippen LogP contribution in [0.15, 0.2) is 22.7 Å². The molecule has 1 aliphatic rings. The summed E-state index contributed by atoms with van der Waals surface area (Å²) in [6.45, 7) is 3.67. The van der Waals surface area contributed by atoms with Crippen LogP contribution in [0.5, 0.6) is 0 Å². The second-order valence-corrected chi connectivity index (χ2v) is 5.18. The molecule has 16 heavy (non-hydrogen) atoms. The lowest BCUT2D eigenvalue weighted by Crippen LogP contribution is -2.24. The fraction of sp³-hybridized carbons (Fsp3) is 0.462. The highest BCUT2D eigenvalue weighted by atomic mass is 79.9. The Labute approximate surface area is 105 Å². The first-order valence-electron chi connectivity index (χ1n) is 5.75. The van der Waals surface area contributed by atoms with Crippen molar-refractivity contribution in [2.45, 2.75) is 39.3 Å². The topological polar surface area (TPSA) is 20.3 Å². The first kappa shape index (κ1) is 11.6. The number of hydrogen-bond donors (Lipinski definition) is 0. The molecular weight excluding hydrogens is 266 g/mol. The number of carbonyl (C=O) groups is 1. The second kappa shape index (κ2) is 5.00. The van der Waals surface area contributed by atoms with Crippen molar-refractivity contribution in [2.24, 2.45) is 0 Å². The number of hydrogen-bond acceptors (Lipinski definition) is 1. The first-order chi connectivity index (χ1) is 7.70. The Morgan fingerprint density at radius 2 is 2.12 bits per heavy atom. The van der Waals surface area contributed by atoms with Crippen molar-refractivity contribution in [3.8, 4) is 0 Å². The molecule has 1 heterocycles. The molecule has 0 saturated carbocycles. The van der Waals surface area contributed by atoms with E-state index in [1.54, 1.807) is 0 Å². The summed E-state index contributed by atoms with van der Waals surface area (Å²) < 4.78 is 1.09. The van der Waals surface area contributed by atoms with Crippen LogP contribution in [0.1, 0.15) is 37.3 Å². The fourth-order valence-corrected chi connectivity index (χ4v) is 2.43. The summed E-state index contributed by atoms with van der Waals surface area (Å²) in [4.78, 5) is 13.8. The molecule has 0 spiro atoms. The molecule has 0 unspecified atom stereocenters. The van der Waals surface area contributed by atoms with Gasteiger partial charge in [-0.25, -0.2) is 0 Å². The predicted octanol–water partition coefficient (Wildman–Crippen LogP) is 3.48. The minimum absolute atomic E-state index is 0.286. The van der Waals surface area contributed by atoms with E-state index in [-0.39, 0.29) is 5.91 Å². The maximum Gasteiger partial charge on any atom is 0.223 e. The van der Waals surface area contributed by atoms with Crippen LogP contribution in [0.2, 0.25) is 0 Å². The van der Waals surface area contributed by atoms with Crippen LogP contribution in [0, 0.1) is 0 Å². The van der Waals surface area contributed by atoms with Crippen molar-refractivity contribution in [1.29, 1.82) is 0 Å². The van der Waals surface area contributed by atoms with Gasteiger partial charge < -0.3 is 4.90 Å². The van der Waals surface area contributed by atoms with E-state index in [9.17, 15) is 4.79 Å². The molecule has 0 radical (unpaired) electrons. The summed E-state index contributed by atoms with van der Waals surface area (Å²) in [5.74, 6) is 0.286. The maximum absolute atomic E-state index is 11.9. The van der Waals surface area contributed by atoms with Crippen LogP contribution < -0.4 is 0 Å². The molecule has 0 aromatic heterocycles. The molecule has 0 bridgehead atoms. The van der Waals surface area contributed by atoms with Crippen molar-refractivity contribution in [3.63, 3.8) is 0 Å². The number of fused-ring (bicyclic) bond motifs is 1. The first-order valence-corrected chi connectivity index (χ1v) is 6.55. The van der Waals surface area contributed by atoms with Crippen LogP contribution in [0.25, 0.3) is 0 Å². The van der Waals surface area contributed by atoms with Crippen molar-refractivity contribution in [3.05, 3.63) is 33.8 Å². The summed E-state index contributed by atoms with van der Waals surface area (Å²) in [6, 6.07) is 6.26. The summed E-state index contributed by atoms with van der Waals surface area (Å²) >= 11 is 3.46. The smallest absolute Gasteiger partial charge is 0.223 e. The summed E-state index contributed by atoms with van der Waals surface area (Å²) in [5, 5.41) is 0. The van der Waals surface area contributed by atoms with E-state index in [0.717, 1.165) is 30.4 Å². The van der Waals surface area contributed by atoms with E-state index in [4.69, 9.17) is 0 Å². The highest BCUT2D eigenvalue weighted by Crippen LogP contribution is 2.26. The maximum atomic E-state index is 11.9. The Kier molecular flexibility index (Phi) is 3.64. The Hall–Kier alpha value is -0.830. The third-order valence-corrected chi connectivity index (χ3v) is 3.48. The second-order valence-electron chi connectivity index (χ2n) is 4.27. The molecule has 0 fully saturated rings. The molecule has 0 aliphatic carbocycles. The SMILES string of the molecule is CCCCC(=O)N1Cc2ccc(Br)cc2C1. The van der Waals surface area contributed by atoms with Gasteiger partial charge in [0, 0.05) is 24.0 Å². The lowest BCUT2D eigenvalue weighted by Gasteiger charge is -2.14. The van der Waals surface area contributed by atoms with Crippen LogP contribution in [-0.2, 0) is 17.9 Å². The van der Waals surface area contributed by atoms with Gasteiger partial charge in [-0.15, -0.1) is 0 Å². The molecule has 0 atom stereocenters. The van der Waals surface area contributed by atoms with Gasteiger partial charge in [0.25, 0.3) is 0 Å². The summed E-state index contributed by atoms with van der Waals surface area (Å²) in [6.07, 6.45) is 2.76. The number of amides is 1. The van der Waals surface area contributed by atoms with Gasteiger partial charge in [0.15, 0.2) is 0 Å². The van der Waals surface area contributed by atoms with Gasteiger partial charge in [0.05, 0.1) is 0 Å². The molecule has 86 valence electrons. The third kappa shape index (κ3) is 2.46. The highest BCUT2D eigenvalue weighted by Gasteiger charge is 2.22. The lowest BCUT2D eigenvalue weighted by atomic mass is 10.1. The Balaban J connectivity index is 2.02. The van der Waals surface area contributed by atoms with Crippen LogP contribution in [0.3, 0.4) is 0 Å². The molecule has 0 saturated heterocycles. The summed E-state index contributed by atoms with van der Waals surface area (Å²) in [5.41, 5.74) is 2.56. The highest BCUT2D eigenvalue weighted by molar-refractivity contribution is 9.10. The zero-order chi connectivity index (χ0) is 11.5. The number of carbonyl (C=O) groups excluding carboxylic acids is 1. The standard InChI is InChI=1S/C13H16BrNO/c1-2-3-4-13(16)15-8-10-5-6-12(14)7-11(10)9-15/h5-7H,2-4,8-9H2,1H3. The predicted molar refractivity (Wildman–Crippen MR) is 67.9 cm³/mol. The minimum atomic E-state index is 0.286. The molecule has 1 aliphatic heterocycles. The fourth-order valence-electron chi connectivity index (χ4n) is 2.03. The molecule has 3 heteroatoms. The molecule has 2 nitrogen and oxygen atoms in total. The van der Waals surface area contributed by atoms with Gasteiger partial charge in [-0.05, 0) is 29.7 Å². The van der Waals surface area contributed by atoms with E-state index in [2.05, 4.69) is 35.0 Å². The van der Waals surface area contributed by atoms with Crippen LogP contribution >= 0.6 is 15.9 Å². The number of benzene rings is 1. The van der Waals surface area contributed by atoms with Crippen LogP contribution in [0.4, 0.5) is 0 Å². The monoisotopic (exact) mass is 281 g/mol. The number of nitrogens with zero attached hydrogens (tertiary/aromatic N) is 1. The van der Waals surface area contributed by atoms with Gasteiger partial charge in [-0.2, -0.15) is 0 Å². The van der Waals surface area contributed by atoms with Gasteiger partial charge in [0.1, 0.15) is 0 Å². The molecule has 2 rings (SSSR count). The van der Waals surface area contributed by atoms with Crippen molar-refractivity contribution in [2.75, 3.05) is 0 Å². The Bertz CT molecular complexity index is 403. The van der Waals surface area contributed by atoms with Crippen molar-refractivity contribution < 1.29 is 4.79 Å². The van der Waals surface area contributed by atoms with E-state index in [0.29, 0.717) is 6.42 Å². The zero-order valence-corrected chi connectivity index (χ0v) is 11.1. The Morgan fingerprint density at radius 3 is 2.88 bits per heavy atom. The normalized spacial score (nSPS) is 14.0. The van der Waals surface area contributed by atoms with Gasteiger partial charge in [0.2, 0.25) is 5.91 Å². The number of rotatable bonds is 3. The van der Waals surface area contributed by atoms with Gasteiger partial charge >= 0.3 is 0 Å². The average molecular weight is 282 g/mol. The van der Waals surface area contributed by atoms with Crippen molar-refractivity contribution >= 4 is 21.8 Å². The largest absolute Gasteiger partial charge is 0.334 e. The molecular formula is C13H16BrNO. The molecule has 1 aromatic rings. The van der Waals surface area contributed by atoms with E-state index in [1.807, 2.05) is 11.0 Å². The van der Waals surface area contributed by atoms with E-state index < -0.39 is 0 Å². The van der Waals surface area contributed by atoms with Crippen molar-refractivity contribution in [1.82, 2.24) is 4.90 Å². The number of halogens is 1. The average Bonchev–Trinajstić information content (AvgIpc) is 2.68. The van der Waals surface area contributed by atoms with E-state index >= 15 is 0 Å². The van der Waals surface area contributed by atoms with Gasteiger partial charge in [-0.3, -0.25) is 4.79 Å². The zero-order valence-electron chi connectivity index (χ0n) is 9.50. The van der Waals surface area contributed by atoms with Gasteiger partial charge in [-0.1, -0.05) is 35.3 Å². The van der Waals surface area contributed by atoms with Crippen LogP contribution in [-0.4, -0.2) is 10.8 Å². The molecule has 0 N–H and O–H groups in total. The molecule has 1 aromatic carbocycles. The molecule has 1 amide bonds. The number of unbranched alkanes of at least 4 members (excludes halogenated alkanes) is 1. The Morgan fingerprint density at radius 1 is 1.38 bits per heavy atom.